The summed E-state index contributed by atoms with van der Waals surface area (Å²) < 4.78 is 5.41. The molecule has 2 atom stereocenters. The zero-order valence-electron chi connectivity index (χ0n) is 8.45. The highest BCUT2D eigenvalue weighted by atomic mass is 32.1. The molecule has 2 heterocycles. The predicted molar refractivity (Wildman–Crippen MR) is 56.9 cm³/mol. The van der Waals surface area contributed by atoms with E-state index in [1.807, 2.05) is 25.3 Å². The summed E-state index contributed by atoms with van der Waals surface area (Å²) in [6.45, 7) is 4.70. The Bertz CT molecular complexity index is 343. The van der Waals surface area contributed by atoms with E-state index in [1.54, 1.807) is 11.3 Å². The topological polar surface area (TPSA) is 26.3 Å². The lowest BCUT2D eigenvalue weighted by molar-refractivity contribution is 0.0764. The summed E-state index contributed by atoms with van der Waals surface area (Å²) in [6, 6.07) is 1.92. The maximum atomic E-state index is 12.1. The Hall–Kier alpha value is -0.670. The van der Waals surface area contributed by atoms with Crippen LogP contribution >= 0.6 is 11.3 Å². The number of hydrogen-bond donors (Lipinski definition) is 0. The monoisotopic (exact) mass is 210 g/mol. The SMILES string of the molecule is Cc1sccc1C(=O)C1CCOC1C. The van der Waals surface area contributed by atoms with Gasteiger partial charge in [0.25, 0.3) is 0 Å². The number of aryl methyl sites for hydroxylation is 1. The zero-order chi connectivity index (χ0) is 10.1. The fourth-order valence-corrected chi connectivity index (χ4v) is 2.62. The van der Waals surface area contributed by atoms with Gasteiger partial charge < -0.3 is 4.74 Å². The molecular formula is C11H14O2S. The summed E-state index contributed by atoms with van der Waals surface area (Å²) in [6.07, 6.45) is 0.955. The fraction of sp³-hybridized carbons (Fsp3) is 0.545. The second-order valence-electron chi connectivity index (χ2n) is 3.73. The van der Waals surface area contributed by atoms with Gasteiger partial charge >= 0.3 is 0 Å². The molecule has 14 heavy (non-hydrogen) atoms. The lowest BCUT2D eigenvalue weighted by Gasteiger charge is -2.12. The average molecular weight is 210 g/mol. The van der Waals surface area contributed by atoms with Crippen LogP contribution in [-0.4, -0.2) is 18.5 Å². The number of hydrogen-bond acceptors (Lipinski definition) is 3. The molecule has 0 aromatic carbocycles. The Balaban J connectivity index is 2.20. The van der Waals surface area contributed by atoms with E-state index in [4.69, 9.17) is 4.74 Å². The van der Waals surface area contributed by atoms with Gasteiger partial charge in [0.2, 0.25) is 0 Å². The number of ether oxygens (including phenoxy) is 1. The highest BCUT2D eigenvalue weighted by Crippen LogP contribution is 2.27. The molecule has 1 aromatic heterocycles. The first-order chi connectivity index (χ1) is 6.70. The highest BCUT2D eigenvalue weighted by molar-refractivity contribution is 7.10. The first-order valence-corrected chi connectivity index (χ1v) is 5.78. The summed E-state index contributed by atoms with van der Waals surface area (Å²) >= 11 is 1.63. The van der Waals surface area contributed by atoms with Crippen LogP contribution in [0.4, 0.5) is 0 Å². The van der Waals surface area contributed by atoms with Crippen molar-refractivity contribution in [1.29, 1.82) is 0 Å². The molecule has 76 valence electrons. The van der Waals surface area contributed by atoms with E-state index in [0.717, 1.165) is 23.5 Å². The van der Waals surface area contributed by atoms with Gasteiger partial charge in [-0.15, -0.1) is 11.3 Å². The molecule has 2 rings (SSSR count). The molecular weight excluding hydrogens is 196 g/mol. The third kappa shape index (κ3) is 1.62. The molecule has 1 aliphatic heterocycles. The molecule has 1 saturated heterocycles. The van der Waals surface area contributed by atoms with Crippen molar-refractivity contribution in [3.05, 3.63) is 21.9 Å². The molecule has 2 nitrogen and oxygen atoms in total. The quantitative estimate of drug-likeness (QED) is 0.701. The van der Waals surface area contributed by atoms with Crippen LogP contribution in [0.2, 0.25) is 0 Å². The maximum absolute atomic E-state index is 12.1. The molecule has 0 spiro atoms. The second-order valence-corrected chi connectivity index (χ2v) is 4.85. The highest BCUT2D eigenvalue weighted by Gasteiger charge is 2.32. The molecule has 3 heteroatoms. The summed E-state index contributed by atoms with van der Waals surface area (Å²) in [5.41, 5.74) is 0.886. The minimum absolute atomic E-state index is 0.0725. The Morgan fingerprint density at radius 1 is 1.64 bits per heavy atom. The second kappa shape index (κ2) is 3.83. The zero-order valence-corrected chi connectivity index (χ0v) is 9.26. The van der Waals surface area contributed by atoms with Crippen LogP contribution < -0.4 is 0 Å². The molecule has 0 aliphatic carbocycles. The standard InChI is InChI=1S/C11H14O2S/c1-7-9(3-5-13-7)11(12)10-4-6-14-8(10)2/h4,6-7,9H,3,5H2,1-2H3. The first kappa shape index (κ1) is 9.87. The van der Waals surface area contributed by atoms with Crippen molar-refractivity contribution in [1.82, 2.24) is 0 Å². The van der Waals surface area contributed by atoms with Gasteiger partial charge in [-0.05, 0) is 31.7 Å². The number of Topliss-reactive ketones (excluding diaryl/α,β-unsaturated/α-hetero) is 1. The minimum atomic E-state index is 0.0725. The van der Waals surface area contributed by atoms with Crippen LogP contribution in [0.3, 0.4) is 0 Å². The average Bonchev–Trinajstić information content (AvgIpc) is 2.73. The van der Waals surface area contributed by atoms with Crippen molar-refractivity contribution >= 4 is 17.1 Å². The molecule has 0 bridgehead atoms. The lowest BCUT2D eigenvalue weighted by atomic mass is 9.93. The minimum Gasteiger partial charge on any atom is -0.378 e. The lowest BCUT2D eigenvalue weighted by Crippen LogP contribution is -2.21. The van der Waals surface area contributed by atoms with Crippen molar-refractivity contribution < 1.29 is 9.53 Å². The number of rotatable bonds is 2. The predicted octanol–water partition coefficient (Wildman–Crippen LogP) is 2.66. The molecule has 1 aromatic rings. The van der Waals surface area contributed by atoms with Crippen LogP contribution in [0.25, 0.3) is 0 Å². The van der Waals surface area contributed by atoms with Gasteiger partial charge in [0.05, 0.1) is 12.0 Å². The molecule has 1 aliphatic rings. The normalized spacial score (nSPS) is 26.7. The van der Waals surface area contributed by atoms with Crippen LogP contribution in [-0.2, 0) is 4.74 Å². The Morgan fingerprint density at radius 2 is 2.43 bits per heavy atom. The van der Waals surface area contributed by atoms with Gasteiger partial charge in [-0.3, -0.25) is 4.79 Å². The molecule has 0 radical (unpaired) electrons. The third-order valence-electron chi connectivity index (χ3n) is 2.84. The smallest absolute Gasteiger partial charge is 0.169 e. The van der Waals surface area contributed by atoms with Crippen molar-refractivity contribution in [2.75, 3.05) is 6.61 Å². The van der Waals surface area contributed by atoms with Crippen LogP contribution in [0, 0.1) is 12.8 Å². The van der Waals surface area contributed by atoms with Crippen molar-refractivity contribution in [3.8, 4) is 0 Å². The third-order valence-corrected chi connectivity index (χ3v) is 3.68. The van der Waals surface area contributed by atoms with Gasteiger partial charge in [0, 0.05) is 17.0 Å². The van der Waals surface area contributed by atoms with Gasteiger partial charge in [-0.2, -0.15) is 0 Å². The maximum Gasteiger partial charge on any atom is 0.169 e. The van der Waals surface area contributed by atoms with E-state index in [9.17, 15) is 4.79 Å². The Labute approximate surface area is 87.9 Å². The molecule has 0 saturated carbocycles. The van der Waals surface area contributed by atoms with E-state index < -0.39 is 0 Å². The van der Waals surface area contributed by atoms with E-state index in [1.165, 1.54) is 0 Å². The van der Waals surface area contributed by atoms with Gasteiger partial charge in [0.15, 0.2) is 5.78 Å². The van der Waals surface area contributed by atoms with Crippen molar-refractivity contribution in [2.24, 2.45) is 5.92 Å². The van der Waals surface area contributed by atoms with Crippen LogP contribution in [0.5, 0.6) is 0 Å². The largest absolute Gasteiger partial charge is 0.378 e. The molecule has 1 fully saturated rings. The Kier molecular flexibility index (Phi) is 2.70. The number of thiophene rings is 1. The Morgan fingerprint density at radius 3 is 2.93 bits per heavy atom. The van der Waals surface area contributed by atoms with Gasteiger partial charge in [-0.1, -0.05) is 0 Å². The fourth-order valence-electron chi connectivity index (χ4n) is 1.92. The summed E-state index contributed by atoms with van der Waals surface area (Å²) in [5, 5.41) is 1.98. The molecule has 0 amide bonds. The molecule has 2 unspecified atom stereocenters. The van der Waals surface area contributed by atoms with E-state index in [-0.39, 0.29) is 17.8 Å². The van der Waals surface area contributed by atoms with Crippen LogP contribution in [0.1, 0.15) is 28.6 Å². The number of carbonyl (C=O) groups is 1. The summed E-state index contributed by atoms with van der Waals surface area (Å²) in [7, 11) is 0. The van der Waals surface area contributed by atoms with Crippen molar-refractivity contribution in [3.63, 3.8) is 0 Å². The molecule has 0 N–H and O–H groups in total. The summed E-state index contributed by atoms with van der Waals surface area (Å²) in [4.78, 5) is 13.2. The van der Waals surface area contributed by atoms with Crippen molar-refractivity contribution in [2.45, 2.75) is 26.4 Å². The summed E-state index contributed by atoms with van der Waals surface area (Å²) in [5.74, 6) is 0.331. The number of carbonyl (C=O) groups excluding carboxylic acids is 1. The van der Waals surface area contributed by atoms with Crippen LogP contribution in [0.15, 0.2) is 11.4 Å². The van der Waals surface area contributed by atoms with E-state index >= 15 is 0 Å². The van der Waals surface area contributed by atoms with E-state index in [0.29, 0.717) is 0 Å². The number of ketones is 1. The van der Waals surface area contributed by atoms with Gasteiger partial charge in [-0.25, -0.2) is 0 Å². The van der Waals surface area contributed by atoms with Gasteiger partial charge in [0.1, 0.15) is 0 Å². The van der Waals surface area contributed by atoms with E-state index in [2.05, 4.69) is 0 Å². The first-order valence-electron chi connectivity index (χ1n) is 4.90.